The van der Waals surface area contributed by atoms with Crippen molar-refractivity contribution in [2.45, 2.75) is 0 Å². The SMILES string of the molecule is COc1ccccc1/C=C1\OC(=O)c2ccccc21. The molecule has 1 aliphatic heterocycles. The fourth-order valence-electron chi connectivity index (χ4n) is 2.12. The lowest BCUT2D eigenvalue weighted by Gasteiger charge is -2.05. The second-order valence-corrected chi connectivity index (χ2v) is 4.19. The van der Waals surface area contributed by atoms with Crippen molar-refractivity contribution in [2.75, 3.05) is 7.11 Å². The molecule has 0 atom stereocenters. The summed E-state index contributed by atoms with van der Waals surface area (Å²) < 4.78 is 10.6. The molecule has 0 aromatic heterocycles. The number of carbonyl (C=O) groups excluding carboxylic acids is 1. The summed E-state index contributed by atoms with van der Waals surface area (Å²) in [6, 6.07) is 15.0. The van der Waals surface area contributed by atoms with Gasteiger partial charge in [0.15, 0.2) is 0 Å². The van der Waals surface area contributed by atoms with E-state index in [2.05, 4.69) is 0 Å². The highest BCUT2D eigenvalue weighted by atomic mass is 16.5. The zero-order valence-electron chi connectivity index (χ0n) is 10.4. The van der Waals surface area contributed by atoms with Crippen LogP contribution in [0.25, 0.3) is 11.8 Å². The maximum absolute atomic E-state index is 11.7. The third kappa shape index (κ3) is 1.99. The molecule has 3 rings (SSSR count). The molecule has 0 radical (unpaired) electrons. The second kappa shape index (κ2) is 4.61. The van der Waals surface area contributed by atoms with Gasteiger partial charge in [0.2, 0.25) is 0 Å². The first-order valence-electron chi connectivity index (χ1n) is 5.96. The van der Waals surface area contributed by atoms with E-state index in [0.717, 1.165) is 16.9 Å². The van der Waals surface area contributed by atoms with Gasteiger partial charge in [0, 0.05) is 11.1 Å². The van der Waals surface area contributed by atoms with E-state index >= 15 is 0 Å². The Morgan fingerprint density at radius 1 is 1.00 bits per heavy atom. The first-order chi connectivity index (χ1) is 9.29. The normalized spacial score (nSPS) is 15.2. The van der Waals surface area contributed by atoms with Crippen LogP contribution in [0.15, 0.2) is 48.5 Å². The number of carbonyl (C=O) groups is 1. The summed E-state index contributed by atoms with van der Waals surface area (Å²) >= 11 is 0. The molecule has 0 N–H and O–H groups in total. The quantitative estimate of drug-likeness (QED) is 0.769. The summed E-state index contributed by atoms with van der Waals surface area (Å²) in [7, 11) is 1.62. The van der Waals surface area contributed by atoms with Crippen molar-refractivity contribution in [1.29, 1.82) is 0 Å². The number of benzene rings is 2. The smallest absolute Gasteiger partial charge is 0.344 e. The summed E-state index contributed by atoms with van der Waals surface area (Å²) in [6.45, 7) is 0. The van der Waals surface area contributed by atoms with Gasteiger partial charge >= 0.3 is 5.97 Å². The monoisotopic (exact) mass is 252 g/mol. The van der Waals surface area contributed by atoms with Crippen molar-refractivity contribution in [3.63, 3.8) is 0 Å². The molecule has 0 spiro atoms. The highest BCUT2D eigenvalue weighted by molar-refractivity contribution is 6.05. The van der Waals surface area contributed by atoms with Crippen molar-refractivity contribution < 1.29 is 14.3 Å². The van der Waals surface area contributed by atoms with Gasteiger partial charge in [0.1, 0.15) is 11.5 Å². The lowest BCUT2D eigenvalue weighted by Crippen LogP contribution is -1.92. The Labute approximate surface area is 111 Å². The molecule has 1 aliphatic rings. The van der Waals surface area contributed by atoms with Crippen molar-refractivity contribution in [3.8, 4) is 5.75 Å². The molecule has 3 heteroatoms. The molecule has 0 unspecified atom stereocenters. The zero-order valence-corrected chi connectivity index (χ0v) is 10.4. The van der Waals surface area contributed by atoms with Gasteiger partial charge in [0.25, 0.3) is 0 Å². The molecule has 0 saturated carbocycles. The zero-order chi connectivity index (χ0) is 13.2. The molecular weight excluding hydrogens is 240 g/mol. The number of para-hydroxylation sites is 1. The Morgan fingerprint density at radius 2 is 1.68 bits per heavy atom. The lowest BCUT2D eigenvalue weighted by molar-refractivity contribution is 0.0717. The van der Waals surface area contributed by atoms with Gasteiger partial charge in [0.05, 0.1) is 12.7 Å². The minimum atomic E-state index is -0.309. The van der Waals surface area contributed by atoms with E-state index in [0.29, 0.717) is 11.3 Å². The molecule has 0 fully saturated rings. The van der Waals surface area contributed by atoms with Crippen LogP contribution in [0, 0.1) is 0 Å². The third-order valence-corrected chi connectivity index (χ3v) is 3.04. The minimum absolute atomic E-state index is 0.309. The van der Waals surface area contributed by atoms with Crippen molar-refractivity contribution >= 4 is 17.8 Å². The number of cyclic esters (lactones) is 1. The van der Waals surface area contributed by atoms with E-state index in [1.54, 1.807) is 13.2 Å². The Kier molecular flexibility index (Phi) is 2.80. The fourth-order valence-corrected chi connectivity index (χ4v) is 2.12. The van der Waals surface area contributed by atoms with E-state index in [1.807, 2.05) is 48.5 Å². The number of methoxy groups -OCH3 is 1. The van der Waals surface area contributed by atoms with Gasteiger partial charge in [-0.05, 0) is 18.2 Å². The average Bonchev–Trinajstić information content (AvgIpc) is 2.77. The van der Waals surface area contributed by atoms with E-state index in [4.69, 9.17) is 9.47 Å². The van der Waals surface area contributed by atoms with Gasteiger partial charge in [-0.3, -0.25) is 0 Å². The highest BCUT2D eigenvalue weighted by Gasteiger charge is 2.25. The minimum Gasteiger partial charge on any atom is -0.496 e. The predicted octanol–water partition coefficient (Wildman–Crippen LogP) is 3.36. The van der Waals surface area contributed by atoms with Crippen molar-refractivity contribution in [1.82, 2.24) is 0 Å². The molecule has 2 aromatic carbocycles. The Bertz CT molecular complexity index is 671. The van der Waals surface area contributed by atoms with Gasteiger partial charge in [-0.1, -0.05) is 36.4 Å². The topological polar surface area (TPSA) is 35.5 Å². The maximum atomic E-state index is 11.7. The summed E-state index contributed by atoms with van der Waals surface area (Å²) in [5, 5.41) is 0. The summed E-state index contributed by atoms with van der Waals surface area (Å²) in [6.07, 6.45) is 1.82. The Morgan fingerprint density at radius 3 is 2.47 bits per heavy atom. The third-order valence-electron chi connectivity index (χ3n) is 3.04. The van der Waals surface area contributed by atoms with E-state index in [1.165, 1.54) is 0 Å². The first kappa shape index (κ1) is 11.5. The van der Waals surface area contributed by atoms with Crippen molar-refractivity contribution in [2.24, 2.45) is 0 Å². The van der Waals surface area contributed by atoms with Crippen LogP contribution in [0.3, 0.4) is 0 Å². The second-order valence-electron chi connectivity index (χ2n) is 4.19. The molecule has 2 aromatic rings. The molecule has 0 aliphatic carbocycles. The number of hydrogen-bond donors (Lipinski definition) is 0. The van der Waals surface area contributed by atoms with E-state index in [9.17, 15) is 4.79 Å². The van der Waals surface area contributed by atoms with Gasteiger partial charge in [-0.2, -0.15) is 0 Å². The molecule has 0 amide bonds. The van der Waals surface area contributed by atoms with Crippen LogP contribution >= 0.6 is 0 Å². The van der Waals surface area contributed by atoms with Gasteiger partial charge in [-0.25, -0.2) is 4.79 Å². The fraction of sp³-hybridized carbons (Fsp3) is 0.0625. The molecule has 1 heterocycles. The van der Waals surface area contributed by atoms with E-state index in [-0.39, 0.29) is 5.97 Å². The molecule has 0 bridgehead atoms. The predicted molar refractivity (Wildman–Crippen MR) is 72.7 cm³/mol. The number of rotatable bonds is 2. The number of ether oxygens (including phenoxy) is 2. The van der Waals surface area contributed by atoms with Gasteiger partial charge < -0.3 is 9.47 Å². The van der Waals surface area contributed by atoms with Crippen LogP contribution in [-0.2, 0) is 4.74 Å². The first-order valence-corrected chi connectivity index (χ1v) is 5.96. The molecular formula is C16H12O3. The number of esters is 1. The number of fused-ring (bicyclic) bond motifs is 1. The number of hydrogen-bond acceptors (Lipinski definition) is 3. The van der Waals surface area contributed by atoms with Crippen LogP contribution in [0.1, 0.15) is 21.5 Å². The van der Waals surface area contributed by atoms with Crippen LogP contribution < -0.4 is 4.74 Å². The van der Waals surface area contributed by atoms with Crippen LogP contribution in [-0.4, -0.2) is 13.1 Å². The average molecular weight is 252 g/mol. The molecule has 0 saturated heterocycles. The summed E-state index contributed by atoms with van der Waals surface area (Å²) in [5.41, 5.74) is 2.30. The standard InChI is InChI=1S/C16H12O3/c1-18-14-9-5-2-6-11(14)10-15-12-7-3-4-8-13(12)16(17)19-15/h2-10H,1H3/b15-10-. The van der Waals surface area contributed by atoms with Gasteiger partial charge in [-0.15, -0.1) is 0 Å². The largest absolute Gasteiger partial charge is 0.496 e. The molecule has 94 valence electrons. The Balaban J connectivity index is 2.09. The molecule has 3 nitrogen and oxygen atoms in total. The lowest BCUT2D eigenvalue weighted by atomic mass is 10.1. The summed E-state index contributed by atoms with van der Waals surface area (Å²) in [5.74, 6) is 0.997. The van der Waals surface area contributed by atoms with Crippen LogP contribution in [0.4, 0.5) is 0 Å². The Hall–Kier alpha value is -2.55. The summed E-state index contributed by atoms with van der Waals surface area (Å²) in [4.78, 5) is 11.7. The van der Waals surface area contributed by atoms with Crippen molar-refractivity contribution in [3.05, 3.63) is 65.2 Å². The highest BCUT2D eigenvalue weighted by Crippen LogP contribution is 2.32. The van der Waals surface area contributed by atoms with E-state index < -0.39 is 0 Å². The molecule has 19 heavy (non-hydrogen) atoms. The van der Waals surface area contributed by atoms with Crippen LogP contribution in [0.5, 0.6) is 5.75 Å². The van der Waals surface area contributed by atoms with Crippen LogP contribution in [0.2, 0.25) is 0 Å². The maximum Gasteiger partial charge on any atom is 0.344 e.